The molecule has 0 N–H and O–H groups in total. The lowest BCUT2D eigenvalue weighted by molar-refractivity contribution is 0.453. The van der Waals surface area contributed by atoms with Crippen LogP contribution in [0, 0.1) is 23.4 Å². The molecule has 1 aliphatic carbocycles. The van der Waals surface area contributed by atoms with Gasteiger partial charge in [-0.1, -0.05) is 92.9 Å². The SMILES string of the molecule is C/C=C/CCC1CC=C(c2ccc(-c3ccc(-c4ccc(CCCCCC)c(F)c4F)cc3)cc2F)CC1. The van der Waals surface area contributed by atoms with E-state index < -0.39 is 11.6 Å². The van der Waals surface area contributed by atoms with Crippen LogP contribution in [0.1, 0.15) is 82.8 Å². The van der Waals surface area contributed by atoms with Crippen LogP contribution >= 0.6 is 0 Å². The molecule has 3 aromatic carbocycles. The van der Waals surface area contributed by atoms with E-state index in [1.54, 1.807) is 30.3 Å². The van der Waals surface area contributed by atoms with Crippen molar-refractivity contribution in [2.24, 2.45) is 5.92 Å². The van der Waals surface area contributed by atoms with Gasteiger partial charge in [0.2, 0.25) is 0 Å². The van der Waals surface area contributed by atoms with Crippen LogP contribution in [-0.4, -0.2) is 0 Å². The molecule has 4 rings (SSSR count). The first-order valence-corrected chi connectivity index (χ1v) is 14.2. The number of hydrogen-bond donors (Lipinski definition) is 0. The third kappa shape index (κ3) is 6.87. The number of hydrogen-bond acceptors (Lipinski definition) is 0. The zero-order valence-electron chi connectivity index (χ0n) is 22.7. The molecule has 3 aromatic rings. The van der Waals surface area contributed by atoms with E-state index in [1.165, 1.54) is 6.42 Å². The van der Waals surface area contributed by atoms with Crippen molar-refractivity contribution in [2.45, 2.75) is 78.1 Å². The van der Waals surface area contributed by atoms with Crippen molar-refractivity contribution in [1.82, 2.24) is 0 Å². The number of allylic oxidation sites excluding steroid dienone is 4. The van der Waals surface area contributed by atoms with Crippen LogP contribution in [0.5, 0.6) is 0 Å². The average Bonchev–Trinajstić information content (AvgIpc) is 2.94. The predicted octanol–water partition coefficient (Wildman–Crippen LogP) is 11.1. The number of aryl methyl sites for hydroxylation is 1. The first-order chi connectivity index (χ1) is 18.5. The van der Waals surface area contributed by atoms with Gasteiger partial charge in [-0.2, -0.15) is 0 Å². The van der Waals surface area contributed by atoms with Crippen LogP contribution in [-0.2, 0) is 6.42 Å². The Hall–Kier alpha value is -3.07. The van der Waals surface area contributed by atoms with Gasteiger partial charge in [0, 0.05) is 11.1 Å². The molecule has 0 spiro atoms. The molecule has 0 nitrogen and oxygen atoms in total. The predicted molar refractivity (Wildman–Crippen MR) is 154 cm³/mol. The Morgan fingerprint density at radius 2 is 1.55 bits per heavy atom. The van der Waals surface area contributed by atoms with Gasteiger partial charge in [0.25, 0.3) is 0 Å². The fraction of sp³-hybridized carbons (Fsp3) is 0.371. The highest BCUT2D eigenvalue weighted by atomic mass is 19.2. The molecule has 0 bridgehead atoms. The Morgan fingerprint density at radius 1 is 0.816 bits per heavy atom. The highest BCUT2D eigenvalue weighted by Gasteiger charge is 2.18. The molecule has 0 fully saturated rings. The number of halogens is 3. The van der Waals surface area contributed by atoms with E-state index >= 15 is 4.39 Å². The van der Waals surface area contributed by atoms with Crippen LogP contribution < -0.4 is 0 Å². The molecule has 200 valence electrons. The average molecular weight is 517 g/mol. The molecule has 0 saturated carbocycles. The second-order valence-corrected chi connectivity index (χ2v) is 10.5. The Balaban J connectivity index is 1.44. The van der Waals surface area contributed by atoms with Gasteiger partial charge in [-0.25, -0.2) is 13.2 Å². The summed E-state index contributed by atoms with van der Waals surface area (Å²) in [6.07, 6.45) is 16.5. The van der Waals surface area contributed by atoms with Gasteiger partial charge in [-0.3, -0.25) is 0 Å². The van der Waals surface area contributed by atoms with E-state index in [2.05, 4.69) is 32.1 Å². The van der Waals surface area contributed by atoms with Gasteiger partial charge in [0.05, 0.1) is 0 Å². The lowest BCUT2D eigenvalue weighted by Crippen LogP contribution is -2.06. The second kappa shape index (κ2) is 13.6. The number of rotatable bonds is 11. The Kier molecular flexibility index (Phi) is 10.0. The minimum Gasteiger partial charge on any atom is -0.206 e. The molecule has 38 heavy (non-hydrogen) atoms. The van der Waals surface area contributed by atoms with Crippen molar-refractivity contribution in [1.29, 1.82) is 0 Å². The van der Waals surface area contributed by atoms with Gasteiger partial charge in [-0.05, 0) is 91.7 Å². The van der Waals surface area contributed by atoms with E-state index in [4.69, 9.17) is 0 Å². The summed E-state index contributed by atoms with van der Waals surface area (Å²) >= 11 is 0. The maximum atomic E-state index is 15.1. The Bertz CT molecular complexity index is 1270. The van der Waals surface area contributed by atoms with Crippen molar-refractivity contribution in [3.63, 3.8) is 0 Å². The number of benzene rings is 3. The standard InChI is InChI=1S/C35H39F3/c1-3-5-7-9-11-29-20-23-32(35(38)34(29)37)28-18-16-26(17-19-28)30-21-22-31(33(36)24-30)27-14-12-25(13-15-27)10-8-6-4-2/h4,6,14,16-25H,3,5,7-13,15H2,1-2H3/b6-4+. The van der Waals surface area contributed by atoms with E-state index in [0.717, 1.165) is 68.1 Å². The molecule has 0 aliphatic heterocycles. The maximum absolute atomic E-state index is 15.1. The molecule has 0 aromatic heterocycles. The molecular weight excluding hydrogens is 477 g/mol. The Morgan fingerprint density at radius 3 is 2.24 bits per heavy atom. The Labute approximate surface area is 226 Å². The van der Waals surface area contributed by atoms with Crippen LogP contribution in [0.15, 0.2) is 72.8 Å². The van der Waals surface area contributed by atoms with E-state index in [0.29, 0.717) is 29.0 Å². The zero-order chi connectivity index (χ0) is 26.9. The third-order valence-electron chi connectivity index (χ3n) is 7.80. The molecule has 1 unspecified atom stereocenters. The topological polar surface area (TPSA) is 0 Å². The van der Waals surface area contributed by atoms with E-state index in [-0.39, 0.29) is 11.4 Å². The van der Waals surface area contributed by atoms with Gasteiger partial charge in [-0.15, -0.1) is 0 Å². The lowest BCUT2D eigenvalue weighted by Gasteiger charge is -2.22. The maximum Gasteiger partial charge on any atom is 0.166 e. The molecule has 0 saturated heterocycles. The first kappa shape index (κ1) is 28.0. The normalized spacial score (nSPS) is 15.7. The van der Waals surface area contributed by atoms with Gasteiger partial charge in [0.1, 0.15) is 5.82 Å². The summed E-state index contributed by atoms with van der Waals surface area (Å²) in [6.45, 7) is 4.18. The van der Waals surface area contributed by atoms with Crippen molar-refractivity contribution < 1.29 is 13.2 Å². The quantitative estimate of drug-likeness (QED) is 0.176. The summed E-state index contributed by atoms with van der Waals surface area (Å²) in [4.78, 5) is 0. The van der Waals surface area contributed by atoms with Crippen molar-refractivity contribution in [3.05, 3.63) is 101 Å². The largest absolute Gasteiger partial charge is 0.206 e. The van der Waals surface area contributed by atoms with Gasteiger partial charge >= 0.3 is 0 Å². The van der Waals surface area contributed by atoms with Crippen LogP contribution in [0.3, 0.4) is 0 Å². The molecule has 1 aliphatic rings. The third-order valence-corrected chi connectivity index (χ3v) is 7.80. The fourth-order valence-corrected chi connectivity index (χ4v) is 5.44. The molecule has 0 radical (unpaired) electrons. The number of unbranched alkanes of at least 4 members (excludes halogenated alkanes) is 3. The second-order valence-electron chi connectivity index (χ2n) is 10.5. The minimum atomic E-state index is -0.800. The fourth-order valence-electron chi connectivity index (χ4n) is 5.44. The van der Waals surface area contributed by atoms with E-state index in [1.807, 2.05) is 24.3 Å². The molecule has 3 heteroatoms. The highest BCUT2D eigenvalue weighted by molar-refractivity contribution is 5.74. The summed E-state index contributed by atoms with van der Waals surface area (Å²) < 4.78 is 44.7. The van der Waals surface area contributed by atoms with Crippen molar-refractivity contribution >= 4 is 5.57 Å². The van der Waals surface area contributed by atoms with Crippen molar-refractivity contribution in [2.75, 3.05) is 0 Å². The summed E-state index contributed by atoms with van der Waals surface area (Å²) in [6, 6.07) is 16.0. The lowest BCUT2D eigenvalue weighted by atomic mass is 9.84. The monoisotopic (exact) mass is 516 g/mol. The molecule has 0 amide bonds. The zero-order valence-corrected chi connectivity index (χ0v) is 22.7. The summed E-state index contributed by atoms with van der Waals surface area (Å²) in [7, 11) is 0. The van der Waals surface area contributed by atoms with Crippen LogP contribution in [0.2, 0.25) is 0 Å². The highest BCUT2D eigenvalue weighted by Crippen LogP contribution is 2.35. The van der Waals surface area contributed by atoms with Gasteiger partial charge in [0.15, 0.2) is 11.6 Å². The molecular formula is C35H39F3. The summed E-state index contributed by atoms with van der Waals surface area (Å²) in [5.41, 5.74) is 4.69. The molecule has 0 heterocycles. The van der Waals surface area contributed by atoms with E-state index in [9.17, 15) is 8.78 Å². The first-order valence-electron chi connectivity index (χ1n) is 14.2. The van der Waals surface area contributed by atoms with Gasteiger partial charge < -0.3 is 0 Å². The molecule has 1 atom stereocenters. The minimum absolute atomic E-state index is 0.215. The van der Waals surface area contributed by atoms with Crippen LogP contribution in [0.4, 0.5) is 13.2 Å². The summed E-state index contributed by atoms with van der Waals surface area (Å²) in [5.74, 6) is -1.09. The smallest absolute Gasteiger partial charge is 0.166 e. The summed E-state index contributed by atoms with van der Waals surface area (Å²) in [5, 5.41) is 0. The van der Waals surface area contributed by atoms with Crippen LogP contribution in [0.25, 0.3) is 27.8 Å². The van der Waals surface area contributed by atoms with Crippen molar-refractivity contribution in [3.8, 4) is 22.3 Å².